The number of hydrogen-bond acceptors (Lipinski definition) is 3. The Bertz CT molecular complexity index is 902. The van der Waals surface area contributed by atoms with Crippen molar-refractivity contribution in [3.05, 3.63) is 71.8 Å². The van der Waals surface area contributed by atoms with Crippen LogP contribution in [0.1, 0.15) is 42.9 Å². The number of rotatable bonds is 7. The lowest BCUT2D eigenvalue weighted by Gasteiger charge is -2.25. The van der Waals surface area contributed by atoms with Gasteiger partial charge in [-0.2, -0.15) is 0 Å². The fraction of sp³-hybridized carbons (Fsp3) is 0.364. The zero-order valence-corrected chi connectivity index (χ0v) is 16.9. The van der Waals surface area contributed by atoms with Crippen LogP contribution in [0.3, 0.4) is 0 Å². The average Bonchev–Trinajstić information content (AvgIpc) is 2.66. The summed E-state index contributed by atoms with van der Waals surface area (Å²) < 4.78 is 28.1. The molecule has 3 rings (SSSR count). The van der Waals surface area contributed by atoms with E-state index in [0.717, 1.165) is 31.4 Å². The summed E-state index contributed by atoms with van der Waals surface area (Å²) in [6, 6.07) is 13.4. The topological polar surface area (TPSA) is 58.2 Å². The Morgan fingerprint density at radius 3 is 2.56 bits per heavy atom. The van der Waals surface area contributed by atoms with Gasteiger partial charge in [0.15, 0.2) is 0 Å². The second-order valence-corrected chi connectivity index (χ2v) is 9.13. The molecule has 1 aliphatic rings. The maximum absolute atomic E-state index is 12.7. The van der Waals surface area contributed by atoms with Crippen LogP contribution in [0.2, 0.25) is 0 Å². The van der Waals surface area contributed by atoms with E-state index in [4.69, 9.17) is 0 Å². The molecule has 5 heteroatoms. The Labute approximate surface area is 162 Å². The normalized spacial score (nSPS) is 16.8. The molecule has 1 atom stereocenters. The lowest BCUT2D eigenvalue weighted by atomic mass is 9.88. The van der Waals surface area contributed by atoms with Crippen LogP contribution in [0, 0.1) is 0 Å². The Kier molecular flexibility index (Phi) is 6.02. The maximum Gasteiger partial charge on any atom is 0.261 e. The Morgan fingerprint density at radius 1 is 1.15 bits per heavy atom. The molecule has 27 heavy (non-hydrogen) atoms. The zero-order chi connectivity index (χ0) is 19.4. The van der Waals surface area contributed by atoms with Crippen LogP contribution < -0.4 is 10.0 Å². The van der Waals surface area contributed by atoms with Crippen molar-refractivity contribution < 1.29 is 8.42 Å². The molecule has 0 saturated carbocycles. The highest BCUT2D eigenvalue weighted by atomic mass is 32.2. The van der Waals surface area contributed by atoms with Gasteiger partial charge in [0.05, 0.1) is 4.90 Å². The van der Waals surface area contributed by atoms with Crippen LogP contribution in [-0.4, -0.2) is 21.0 Å². The molecule has 1 aliphatic carbocycles. The Morgan fingerprint density at radius 2 is 1.89 bits per heavy atom. The van der Waals surface area contributed by atoms with Crippen LogP contribution in [0.4, 0.5) is 5.69 Å². The summed E-state index contributed by atoms with van der Waals surface area (Å²) in [5.74, 6) is 0.375. The fourth-order valence-corrected chi connectivity index (χ4v) is 4.54. The first-order chi connectivity index (χ1) is 12.9. The van der Waals surface area contributed by atoms with Crippen molar-refractivity contribution in [2.45, 2.75) is 50.0 Å². The summed E-state index contributed by atoms with van der Waals surface area (Å²) in [6.45, 7) is 8.74. The van der Waals surface area contributed by atoms with Gasteiger partial charge in [0.25, 0.3) is 10.0 Å². The predicted molar refractivity (Wildman–Crippen MR) is 112 cm³/mol. The number of sulfonamides is 1. The van der Waals surface area contributed by atoms with Crippen molar-refractivity contribution in [3.8, 4) is 0 Å². The molecule has 144 valence electrons. The summed E-state index contributed by atoms with van der Waals surface area (Å²) in [4.78, 5) is 0.290. The molecule has 2 aromatic rings. The van der Waals surface area contributed by atoms with Gasteiger partial charge in [0.2, 0.25) is 0 Å². The smallest absolute Gasteiger partial charge is 0.261 e. The van der Waals surface area contributed by atoms with Gasteiger partial charge in [0, 0.05) is 18.3 Å². The summed E-state index contributed by atoms with van der Waals surface area (Å²) in [7, 11) is -3.58. The van der Waals surface area contributed by atoms with Gasteiger partial charge in [-0.1, -0.05) is 38.1 Å². The molecule has 0 aromatic heterocycles. The lowest BCUT2D eigenvalue weighted by molar-refractivity contribution is 0.480. The lowest BCUT2D eigenvalue weighted by Crippen LogP contribution is -2.34. The van der Waals surface area contributed by atoms with Crippen LogP contribution in [-0.2, 0) is 22.9 Å². The van der Waals surface area contributed by atoms with E-state index < -0.39 is 10.0 Å². The highest BCUT2D eigenvalue weighted by molar-refractivity contribution is 7.92. The molecule has 4 nitrogen and oxygen atoms in total. The van der Waals surface area contributed by atoms with Gasteiger partial charge < -0.3 is 5.32 Å². The summed E-state index contributed by atoms with van der Waals surface area (Å²) >= 11 is 0. The molecule has 0 bridgehead atoms. The first kappa shape index (κ1) is 19.6. The highest BCUT2D eigenvalue weighted by Crippen LogP contribution is 2.26. The molecule has 0 amide bonds. The molecule has 0 fully saturated rings. The van der Waals surface area contributed by atoms with Crippen LogP contribution in [0.15, 0.2) is 60.0 Å². The molecule has 0 saturated heterocycles. The summed E-state index contributed by atoms with van der Waals surface area (Å²) in [5, 5.41) is 3.47. The Balaban J connectivity index is 1.73. The van der Waals surface area contributed by atoms with E-state index in [9.17, 15) is 8.42 Å². The van der Waals surface area contributed by atoms with Gasteiger partial charge in [-0.05, 0) is 66.1 Å². The highest BCUT2D eigenvalue weighted by Gasteiger charge is 2.20. The molecule has 0 radical (unpaired) electrons. The second-order valence-electron chi connectivity index (χ2n) is 7.45. The monoisotopic (exact) mass is 384 g/mol. The van der Waals surface area contributed by atoms with Crippen LogP contribution in [0.5, 0.6) is 0 Å². The molecule has 2 N–H and O–H groups in total. The number of aryl methyl sites for hydroxylation is 1. The van der Waals surface area contributed by atoms with Gasteiger partial charge in [0.1, 0.15) is 0 Å². The van der Waals surface area contributed by atoms with E-state index in [1.165, 1.54) is 11.1 Å². The molecule has 0 aliphatic heterocycles. The van der Waals surface area contributed by atoms with Crippen molar-refractivity contribution in [2.24, 2.45) is 0 Å². The van der Waals surface area contributed by atoms with E-state index in [1.807, 2.05) is 36.4 Å². The molecular formula is C22H28N2O2S. The molecule has 1 unspecified atom stereocenters. The van der Waals surface area contributed by atoms with E-state index in [0.29, 0.717) is 22.5 Å². The number of benzene rings is 2. The SMILES string of the molecule is C=CCNC1CCc2cc(NS(=O)(=O)c3ccc(C(C)C)cc3)ccc2C1. The van der Waals surface area contributed by atoms with Gasteiger partial charge in [-0.3, -0.25) is 4.72 Å². The molecular weight excluding hydrogens is 356 g/mol. The van der Waals surface area contributed by atoms with Gasteiger partial charge in [-0.25, -0.2) is 8.42 Å². The number of nitrogens with one attached hydrogen (secondary N) is 2. The first-order valence-electron chi connectivity index (χ1n) is 9.48. The largest absolute Gasteiger partial charge is 0.310 e. The average molecular weight is 385 g/mol. The fourth-order valence-electron chi connectivity index (χ4n) is 3.49. The summed E-state index contributed by atoms with van der Waals surface area (Å²) in [6.07, 6.45) is 4.84. The van der Waals surface area contributed by atoms with E-state index in [2.05, 4.69) is 30.5 Å². The third-order valence-corrected chi connectivity index (χ3v) is 6.49. The van der Waals surface area contributed by atoms with Crippen LogP contribution in [0.25, 0.3) is 0 Å². The van der Waals surface area contributed by atoms with Crippen molar-refractivity contribution in [1.29, 1.82) is 0 Å². The first-order valence-corrected chi connectivity index (χ1v) is 11.0. The van der Waals surface area contributed by atoms with Crippen molar-refractivity contribution in [3.63, 3.8) is 0 Å². The number of hydrogen-bond donors (Lipinski definition) is 2. The van der Waals surface area contributed by atoms with Crippen molar-refractivity contribution >= 4 is 15.7 Å². The number of anilines is 1. The third-order valence-electron chi connectivity index (χ3n) is 5.09. The van der Waals surface area contributed by atoms with E-state index >= 15 is 0 Å². The predicted octanol–water partition coefficient (Wildman–Crippen LogP) is 4.24. The molecule has 0 heterocycles. The van der Waals surface area contributed by atoms with Crippen molar-refractivity contribution in [1.82, 2.24) is 5.32 Å². The van der Waals surface area contributed by atoms with E-state index in [-0.39, 0.29) is 0 Å². The second kappa shape index (κ2) is 8.28. The minimum absolute atomic E-state index is 0.290. The minimum Gasteiger partial charge on any atom is -0.310 e. The third kappa shape index (κ3) is 4.79. The minimum atomic E-state index is -3.58. The van der Waals surface area contributed by atoms with Gasteiger partial charge in [-0.15, -0.1) is 6.58 Å². The maximum atomic E-state index is 12.7. The quantitative estimate of drug-likeness (QED) is 0.702. The van der Waals surface area contributed by atoms with Crippen LogP contribution >= 0.6 is 0 Å². The molecule has 0 spiro atoms. The van der Waals surface area contributed by atoms with Gasteiger partial charge >= 0.3 is 0 Å². The zero-order valence-electron chi connectivity index (χ0n) is 16.0. The molecule has 2 aromatic carbocycles. The standard InChI is InChI=1S/C22H28N2O2S/c1-4-13-23-20-9-5-19-15-21(10-6-18(19)14-20)24-27(25,26)22-11-7-17(8-12-22)16(2)3/h4,6-8,10-12,15-16,20,23-24H,1,5,9,13-14H2,2-3H3. The Hall–Kier alpha value is -2.11. The number of fused-ring (bicyclic) bond motifs is 1. The van der Waals surface area contributed by atoms with Crippen molar-refractivity contribution in [2.75, 3.05) is 11.3 Å². The van der Waals surface area contributed by atoms with E-state index in [1.54, 1.807) is 12.1 Å². The summed E-state index contributed by atoms with van der Waals surface area (Å²) in [5.41, 5.74) is 4.26.